The molecule has 0 spiro atoms. The van der Waals surface area contributed by atoms with Crippen LogP contribution in [0.25, 0.3) is 0 Å². The topological polar surface area (TPSA) is 60.2 Å². The van der Waals surface area contributed by atoms with Gasteiger partial charge in [-0.1, -0.05) is 11.2 Å². The van der Waals surface area contributed by atoms with E-state index in [0.717, 1.165) is 36.9 Å². The van der Waals surface area contributed by atoms with Gasteiger partial charge in [0, 0.05) is 12.0 Å². The third kappa shape index (κ3) is 2.67. The fourth-order valence-electron chi connectivity index (χ4n) is 2.67. The molecular formula is C16H16FNO3S. The summed E-state index contributed by atoms with van der Waals surface area (Å²) in [5.41, 5.74) is 1.68. The van der Waals surface area contributed by atoms with Crippen LogP contribution in [0.1, 0.15) is 54.5 Å². The molecule has 4 nitrogen and oxygen atoms in total. The first-order chi connectivity index (χ1) is 10.5. The Morgan fingerprint density at radius 2 is 1.86 bits per heavy atom. The summed E-state index contributed by atoms with van der Waals surface area (Å²) in [6.45, 7) is 0. The Hall–Kier alpha value is -1.69. The maximum absolute atomic E-state index is 14.2. The zero-order valence-corrected chi connectivity index (χ0v) is 12.8. The van der Waals surface area contributed by atoms with E-state index in [4.69, 9.17) is 4.52 Å². The van der Waals surface area contributed by atoms with Crippen molar-refractivity contribution in [1.82, 2.24) is 5.16 Å². The van der Waals surface area contributed by atoms with Gasteiger partial charge >= 0.3 is 0 Å². The van der Waals surface area contributed by atoms with Gasteiger partial charge in [0.25, 0.3) is 0 Å². The molecule has 2 aliphatic carbocycles. The van der Waals surface area contributed by atoms with Gasteiger partial charge in [-0.05, 0) is 49.3 Å². The van der Waals surface area contributed by atoms with Crippen molar-refractivity contribution in [3.63, 3.8) is 0 Å². The van der Waals surface area contributed by atoms with Crippen molar-refractivity contribution in [3.05, 3.63) is 47.1 Å². The minimum Gasteiger partial charge on any atom is -0.360 e. The molecule has 0 unspecified atom stereocenters. The fraction of sp³-hybridized carbons (Fsp3) is 0.438. The monoisotopic (exact) mass is 321 g/mol. The highest BCUT2D eigenvalue weighted by Gasteiger charge is 2.30. The summed E-state index contributed by atoms with van der Waals surface area (Å²) >= 11 is 0. The van der Waals surface area contributed by atoms with Crippen LogP contribution in [-0.2, 0) is 15.6 Å². The van der Waals surface area contributed by atoms with E-state index in [0.29, 0.717) is 11.8 Å². The summed E-state index contributed by atoms with van der Waals surface area (Å²) in [4.78, 5) is -0.263. The molecule has 6 heteroatoms. The molecule has 0 N–H and O–H groups in total. The molecule has 4 rings (SSSR count). The van der Waals surface area contributed by atoms with Crippen LogP contribution in [0.4, 0.5) is 4.39 Å². The molecule has 116 valence electrons. The van der Waals surface area contributed by atoms with Crippen LogP contribution < -0.4 is 0 Å². The van der Waals surface area contributed by atoms with E-state index in [-0.39, 0.29) is 16.4 Å². The Morgan fingerprint density at radius 3 is 2.50 bits per heavy atom. The number of aromatic nitrogens is 1. The number of hydrogen-bond donors (Lipinski definition) is 0. The van der Waals surface area contributed by atoms with Gasteiger partial charge in [-0.2, -0.15) is 0 Å². The van der Waals surface area contributed by atoms with E-state index < -0.39 is 15.7 Å². The lowest BCUT2D eigenvalue weighted by atomic mass is 10.1. The molecule has 1 heterocycles. The summed E-state index contributed by atoms with van der Waals surface area (Å²) in [7, 11) is -3.77. The van der Waals surface area contributed by atoms with Crippen molar-refractivity contribution in [1.29, 1.82) is 0 Å². The van der Waals surface area contributed by atoms with Crippen molar-refractivity contribution in [2.45, 2.75) is 48.2 Å². The molecule has 0 bridgehead atoms. The number of nitrogens with zero attached hydrogens (tertiary/aromatic N) is 1. The molecule has 2 saturated carbocycles. The molecule has 2 aliphatic rings. The number of benzene rings is 1. The lowest BCUT2D eigenvalue weighted by Gasteiger charge is -2.06. The summed E-state index contributed by atoms with van der Waals surface area (Å²) in [5.74, 6) is 0.0298. The maximum Gasteiger partial charge on any atom is 0.188 e. The largest absolute Gasteiger partial charge is 0.360 e. The quantitative estimate of drug-likeness (QED) is 0.845. The second-order valence-corrected chi connectivity index (χ2v) is 8.17. The summed E-state index contributed by atoms with van der Waals surface area (Å²) in [6.07, 6.45) is 4.23. The van der Waals surface area contributed by atoms with Crippen LogP contribution in [0.2, 0.25) is 0 Å². The Labute approximate surface area is 128 Å². The lowest BCUT2D eigenvalue weighted by molar-refractivity contribution is 0.386. The van der Waals surface area contributed by atoms with E-state index in [1.165, 1.54) is 12.1 Å². The first-order valence-corrected chi connectivity index (χ1v) is 9.16. The van der Waals surface area contributed by atoms with Crippen molar-refractivity contribution in [2.75, 3.05) is 0 Å². The molecule has 0 atom stereocenters. The van der Waals surface area contributed by atoms with Crippen molar-refractivity contribution >= 4 is 9.84 Å². The summed E-state index contributed by atoms with van der Waals surface area (Å²) in [5, 5.41) is 3.89. The molecule has 1 aromatic carbocycles. The standard InChI is InChI=1S/C16H16FNO3S/c17-14-7-12(10-1-2-10)5-6-16(14)22(19,20)9-13-8-15(18-21-13)11-3-4-11/h5-8,10-11H,1-4,9H2. The zero-order valence-electron chi connectivity index (χ0n) is 12.0. The highest BCUT2D eigenvalue weighted by Crippen LogP contribution is 2.41. The van der Waals surface area contributed by atoms with E-state index >= 15 is 0 Å². The first kappa shape index (κ1) is 13.9. The van der Waals surface area contributed by atoms with Crippen molar-refractivity contribution in [2.24, 2.45) is 0 Å². The molecule has 2 aromatic rings. The van der Waals surface area contributed by atoms with Crippen LogP contribution in [0, 0.1) is 5.82 Å². The Balaban J connectivity index is 1.58. The molecule has 2 fully saturated rings. The smallest absolute Gasteiger partial charge is 0.188 e. The van der Waals surface area contributed by atoms with Crippen LogP contribution in [0.3, 0.4) is 0 Å². The molecule has 1 aromatic heterocycles. The number of halogens is 1. The Kier molecular flexibility index (Phi) is 3.11. The highest BCUT2D eigenvalue weighted by atomic mass is 32.2. The molecule has 0 saturated heterocycles. The van der Waals surface area contributed by atoms with E-state index in [9.17, 15) is 12.8 Å². The van der Waals surface area contributed by atoms with Crippen LogP contribution in [0.5, 0.6) is 0 Å². The van der Waals surface area contributed by atoms with Crippen LogP contribution in [-0.4, -0.2) is 13.6 Å². The van der Waals surface area contributed by atoms with E-state index in [1.54, 1.807) is 12.1 Å². The number of hydrogen-bond acceptors (Lipinski definition) is 4. The van der Waals surface area contributed by atoms with Crippen LogP contribution >= 0.6 is 0 Å². The first-order valence-electron chi connectivity index (χ1n) is 7.50. The molecule has 0 aliphatic heterocycles. The van der Waals surface area contributed by atoms with Gasteiger partial charge in [0.1, 0.15) is 16.5 Å². The predicted octanol–water partition coefficient (Wildman–Crippen LogP) is 3.54. The van der Waals surface area contributed by atoms with Crippen molar-refractivity contribution < 1.29 is 17.3 Å². The summed E-state index contributed by atoms with van der Waals surface area (Å²) < 4.78 is 44.0. The lowest BCUT2D eigenvalue weighted by Crippen LogP contribution is -2.07. The maximum atomic E-state index is 14.2. The van der Waals surface area contributed by atoms with Crippen LogP contribution in [0.15, 0.2) is 33.7 Å². The average Bonchev–Trinajstić information content (AvgIpc) is 3.37. The Morgan fingerprint density at radius 1 is 1.14 bits per heavy atom. The highest BCUT2D eigenvalue weighted by molar-refractivity contribution is 7.90. The molecule has 22 heavy (non-hydrogen) atoms. The summed E-state index contributed by atoms with van der Waals surface area (Å²) in [6, 6.07) is 6.10. The third-order valence-corrected chi connectivity index (χ3v) is 5.91. The second-order valence-electron chi connectivity index (χ2n) is 6.22. The van der Waals surface area contributed by atoms with Gasteiger partial charge in [-0.15, -0.1) is 0 Å². The SMILES string of the molecule is O=S(=O)(Cc1cc(C2CC2)no1)c1ccc(C2CC2)cc1F. The Bertz CT molecular complexity index is 820. The van der Waals surface area contributed by atoms with Gasteiger partial charge in [0.15, 0.2) is 15.6 Å². The van der Waals surface area contributed by atoms with Gasteiger partial charge in [0.05, 0.1) is 5.69 Å². The van der Waals surface area contributed by atoms with Gasteiger partial charge in [0.2, 0.25) is 0 Å². The zero-order chi connectivity index (χ0) is 15.3. The minimum absolute atomic E-state index is 0.263. The minimum atomic E-state index is -3.77. The second kappa shape index (κ2) is 4.91. The molecular weight excluding hydrogens is 305 g/mol. The molecule has 0 radical (unpaired) electrons. The predicted molar refractivity (Wildman–Crippen MR) is 77.7 cm³/mol. The van der Waals surface area contributed by atoms with Crippen molar-refractivity contribution in [3.8, 4) is 0 Å². The normalized spacial score (nSPS) is 18.6. The van der Waals surface area contributed by atoms with Gasteiger partial charge < -0.3 is 4.52 Å². The average molecular weight is 321 g/mol. The number of sulfone groups is 1. The third-order valence-electron chi connectivity index (χ3n) is 4.24. The van der Waals surface area contributed by atoms with Gasteiger partial charge in [-0.3, -0.25) is 0 Å². The number of rotatable bonds is 5. The van der Waals surface area contributed by atoms with Gasteiger partial charge in [-0.25, -0.2) is 12.8 Å². The molecule has 0 amide bonds. The van der Waals surface area contributed by atoms with E-state index in [1.807, 2.05) is 0 Å². The van der Waals surface area contributed by atoms with E-state index in [2.05, 4.69) is 5.16 Å². The fourth-order valence-corrected chi connectivity index (χ4v) is 3.97.